The summed E-state index contributed by atoms with van der Waals surface area (Å²) in [6.45, 7) is 6.30. The maximum atomic E-state index is 11.9. The Morgan fingerprint density at radius 1 is 1.39 bits per heavy atom. The van der Waals surface area contributed by atoms with E-state index in [9.17, 15) is 4.79 Å². The van der Waals surface area contributed by atoms with Gasteiger partial charge in [-0.2, -0.15) is 0 Å². The SMILES string of the molecule is Cc1cc(CN2CCN(C(=O)C3CC3)CC2)no1. The molecule has 0 unspecified atom stereocenters. The van der Waals surface area contributed by atoms with Crippen LogP contribution >= 0.6 is 0 Å². The molecule has 0 radical (unpaired) electrons. The van der Waals surface area contributed by atoms with E-state index in [1.54, 1.807) is 0 Å². The molecule has 1 amide bonds. The number of hydrogen-bond donors (Lipinski definition) is 0. The third-order valence-electron chi connectivity index (χ3n) is 3.67. The van der Waals surface area contributed by atoms with Crippen molar-refractivity contribution in [3.63, 3.8) is 0 Å². The molecule has 98 valence electrons. The minimum absolute atomic E-state index is 0.342. The summed E-state index contributed by atoms with van der Waals surface area (Å²) in [7, 11) is 0. The van der Waals surface area contributed by atoms with Gasteiger partial charge in [0.15, 0.2) is 0 Å². The Labute approximate surface area is 107 Å². The van der Waals surface area contributed by atoms with Gasteiger partial charge in [0.1, 0.15) is 5.76 Å². The minimum Gasteiger partial charge on any atom is -0.361 e. The first kappa shape index (κ1) is 11.7. The number of piperazine rings is 1. The normalized spacial score (nSPS) is 21.3. The van der Waals surface area contributed by atoms with Gasteiger partial charge in [0.2, 0.25) is 5.91 Å². The van der Waals surface area contributed by atoms with Crippen LogP contribution < -0.4 is 0 Å². The Morgan fingerprint density at radius 2 is 2.11 bits per heavy atom. The molecule has 5 nitrogen and oxygen atoms in total. The van der Waals surface area contributed by atoms with Crippen LogP contribution in [0.2, 0.25) is 0 Å². The summed E-state index contributed by atoms with van der Waals surface area (Å²) in [5.74, 6) is 1.56. The molecule has 18 heavy (non-hydrogen) atoms. The summed E-state index contributed by atoms with van der Waals surface area (Å²) in [5.41, 5.74) is 0.981. The molecule has 1 aromatic rings. The summed E-state index contributed by atoms with van der Waals surface area (Å²) in [4.78, 5) is 16.3. The van der Waals surface area contributed by atoms with Crippen LogP contribution in [0.5, 0.6) is 0 Å². The fourth-order valence-corrected chi connectivity index (χ4v) is 2.44. The van der Waals surface area contributed by atoms with E-state index in [4.69, 9.17) is 4.52 Å². The van der Waals surface area contributed by atoms with Gasteiger partial charge in [-0.25, -0.2) is 0 Å². The van der Waals surface area contributed by atoms with Crippen LogP contribution in [0.4, 0.5) is 0 Å². The second kappa shape index (κ2) is 4.72. The first-order valence-electron chi connectivity index (χ1n) is 6.66. The van der Waals surface area contributed by atoms with Crippen molar-refractivity contribution in [3.05, 3.63) is 17.5 Å². The zero-order valence-corrected chi connectivity index (χ0v) is 10.8. The number of nitrogens with zero attached hydrogens (tertiary/aromatic N) is 3. The van der Waals surface area contributed by atoms with E-state index in [-0.39, 0.29) is 0 Å². The summed E-state index contributed by atoms with van der Waals surface area (Å²) in [6.07, 6.45) is 2.19. The highest BCUT2D eigenvalue weighted by molar-refractivity contribution is 5.81. The summed E-state index contributed by atoms with van der Waals surface area (Å²) in [6, 6.07) is 1.97. The highest BCUT2D eigenvalue weighted by atomic mass is 16.5. The molecule has 0 N–H and O–H groups in total. The first-order valence-corrected chi connectivity index (χ1v) is 6.66. The second-order valence-corrected chi connectivity index (χ2v) is 5.30. The van der Waals surface area contributed by atoms with Crippen molar-refractivity contribution in [3.8, 4) is 0 Å². The molecule has 1 saturated heterocycles. The molecule has 0 aromatic carbocycles. The maximum Gasteiger partial charge on any atom is 0.225 e. The lowest BCUT2D eigenvalue weighted by Gasteiger charge is -2.34. The lowest BCUT2D eigenvalue weighted by Crippen LogP contribution is -2.48. The lowest BCUT2D eigenvalue weighted by molar-refractivity contribution is -0.134. The van der Waals surface area contributed by atoms with Crippen LogP contribution in [-0.2, 0) is 11.3 Å². The number of carbonyl (C=O) groups is 1. The molecule has 3 rings (SSSR count). The van der Waals surface area contributed by atoms with Gasteiger partial charge in [-0.05, 0) is 19.8 Å². The lowest BCUT2D eigenvalue weighted by atomic mass is 10.2. The molecule has 2 aliphatic rings. The van der Waals surface area contributed by atoms with Gasteiger partial charge in [0.25, 0.3) is 0 Å². The number of rotatable bonds is 3. The molecule has 1 aromatic heterocycles. The average molecular weight is 249 g/mol. The number of carbonyl (C=O) groups excluding carboxylic acids is 1. The fourth-order valence-electron chi connectivity index (χ4n) is 2.44. The van der Waals surface area contributed by atoms with E-state index in [1.165, 1.54) is 0 Å². The molecule has 0 bridgehead atoms. The van der Waals surface area contributed by atoms with Crippen LogP contribution in [0.25, 0.3) is 0 Å². The predicted octanol–water partition coefficient (Wildman–Crippen LogP) is 1.04. The fraction of sp³-hybridized carbons (Fsp3) is 0.692. The van der Waals surface area contributed by atoms with E-state index >= 15 is 0 Å². The largest absolute Gasteiger partial charge is 0.361 e. The van der Waals surface area contributed by atoms with Crippen LogP contribution in [0.3, 0.4) is 0 Å². The smallest absolute Gasteiger partial charge is 0.225 e. The minimum atomic E-state index is 0.342. The maximum absolute atomic E-state index is 11.9. The Kier molecular flexibility index (Phi) is 3.07. The van der Waals surface area contributed by atoms with Crippen molar-refractivity contribution in [2.45, 2.75) is 26.3 Å². The van der Waals surface area contributed by atoms with Crippen LogP contribution in [0.1, 0.15) is 24.3 Å². The number of aryl methyl sites for hydroxylation is 1. The Balaban J connectivity index is 1.49. The van der Waals surface area contributed by atoms with Crippen LogP contribution in [-0.4, -0.2) is 47.0 Å². The third-order valence-corrected chi connectivity index (χ3v) is 3.67. The molecule has 1 aliphatic heterocycles. The van der Waals surface area contributed by atoms with Gasteiger partial charge in [-0.15, -0.1) is 0 Å². The standard InChI is InChI=1S/C13H19N3O2/c1-10-8-12(14-18-10)9-15-4-6-16(7-5-15)13(17)11-2-3-11/h8,11H,2-7,9H2,1H3. The Morgan fingerprint density at radius 3 is 2.67 bits per heavy atom. The quantitative estimate of drug-likeness (QED) is 0.803. The van der Waals surface area contributed by atoms with Gasteiger partial charge >= 0.3 is 0 Å². The first-order chi connectivity index (χ1) is 8.72. The van der Waals surface area contributed by atoms with Gasteiger partial charge in [0.05, 0.1) is 5.69 Å². The Bertz CT molecular complexity index is 431. The van der Waals surface area contributed by atoms with E-state index in [0.29, 0.717) is 11.8 Å². The highest BCUT2D eigenvalue weighted by Gasteiger charge is 2.34. The zero-order valence-electron chi connectivity index (χ0n) is 10.8. The van der Waals surface area contributed by atoms with E-state index in [2.05, 4.69) is 10.1 Å². The Hall–Kier alpha value is -1.36. The van der Waals surface area contributed by atoms with Gasteiger partial charge in [-0.3, -0.25) is 9.69 Å². The second-order valence-electron chi connectivity index (χ2n) is 5.30. The molecule has 5 heteroatoms. The van der Waals surface area contributed by atoms with Crippen molar-refractivity contribution in [1.82, 2.24) is 15.0 Å². The molecule has 0 spiro atoms. The van der Waals surface area contributed by atoms with E-state index < -0.39 is 0 Å². The number of aromatic nitrogens is 1. The molecule has 1 aliphatic carbocycles. The summed E-state index contributed by atoms with van der Waals surface area (Å²) >= 11 is 0. The van der Waals surface area contributed by atoms with E-state index in [0.717, 1.165) is 57.0 Å². The topological polar surface area (TPSA) is 49.6 Å². The van der Waals surface area contributed by atoms with E-state index in [1.807, 2.05) is 17.9 Å². The summed E-state index contributed by atoms with van der Waals surface area (Å²) < 4.78 is 5.06. The van der Waals surface area contributed by atoms with Crippen molar-refractivity contribution in [2.24, 2.45) is 5.92 Å². The zero-order chi connectivity index (χ0) is 12.5. The molecule has 2 heterocycles. The van der Waals surface area contributed by atoms with Crippen molar-refractivity contribution in [1.29, 1.82) is 0 Å². The predicted molar refractivity (Wildman–Crippen MR) is 65.8 cm³/mol. The van der Waals surface area contributed by atoms with Gasteiger partial charge < -0.3 is 9.42 Å². The van der Waals surface area contributed by atoms with Crippen LogP contribution in [0, 0.1) is 12.8 Å². The molecular formula is C13H19N3O2. The van der Waals surface area contributed by atoms with Gasteiger partial charge in [0, 0.05) is 44.7 Å². The molecule has 2 fully saturated rings. The molecule has 0 atom stereocenters. The van der Waals surface area contributed by atoms with Crippen molar-refractivity contribution < 1.29 is 9.32 Å². The van der Waals surface area contributed by atoms with Crippen molar-refractivity contribution in [2.75, 3.05) is 26.2 Å². The average Bonchev–Trinajstić information content (AvgIpc) is 3.14. The molecular weight excluding hydrogens is 230 g/mol. The highest BCUT2D eigenvalue weighted by Crippen LogP contribution is 2.31. The molecule has 1 saturated carbocycles. The number of amides is 1. The third kappa shape index (κ3) is 2.56. The monoisotopic (exact) mass is 249 g/mol. The summed E-state index contributed by atoms with van der Waals surface area (Å²) in [5, 5.41) is 4.01. The van der Waals surface area contributed by atoms with Crippen LogP contribution in [0.15, 0.2) is 10.6 Å². The van der Waals surface area contributed by atoms with Gasteiger partial charge in [-0.1, -0.05) is 5.16 Å². The van der Waals surface area contributed by atoms with Crippen molar-refractivity contribution >= 4 is 5.91 Å². The number of hydrogen-bond acceptors (Lipinski definition) is 4.